The lowest BCUT2D eigenvalue weighted by molar-refractivity contribution is -0.169. The second kappa shape index (κ2) is 13.5. The number of aliphatic hydroxyl groups excluding tert-OH is 2. The second-order valence-corrected chi connectivity index (χ2v) is 12.9. The van der Waals surface area contributed by atoms with Crippen LogP contribution in [0.5, 0.6) is 0 Å². The summed E-state index contributed by atoms with van der Waals surface area (Å²) in [7, 11) is 1.60. The van der Waals surface area contributed by atoms with Crippen LogP contribution in [-0.4, -0.2) is 65.9 Å². The smallest absolute Gasteiger partial charge is 0.207 e. The topological polar surface area (TPSA) is 157 Å². The average molecular weight is 619 g/mol. The summed E-state index contributed by atoms with van der Waals surface area (Å²) < 4.78 is 18.0. The molecule has 10 heteroatoms. The third kappa shape index (κ3) is 6.09. The van der Waals surface area contributed by atoms with Gasteiger partial charge in [-0.05, 0) is 42.2 Å². The molecule has 10 nitrogen and oxygen atoms in total. The van der Waals surface area contributed by atoms with Gasteiger partial charge in [-0.2, -0.15) is 0 Å². The summed E-state index contributed by atoms with van der Waals surface area (Å²) in [5.41, 5.74) is 8.55. The highest BCUT2D eigenvalue weighted by Gasteiger charge is 2.60. The van der Waals surface area contributed by atoms with Crippen molar-refractivity contribution in [2.24, 2.45) is 41.2 Å². The second-order valence-electron chi connectivity index (χ2n) is 12.9. The molecule has 45 heavy (non-hydrogen) atoms. The van der Waals surface area contributed by atoms with Crippen LogP contribution in [0.25, 0.3) is 0 Å². The molecule has 3 fully saturated rings. The van der Waals surface area contributed by atoms with Gasteiger partial charge in [0.1, 0.15) is 24.4 Å². The van der Waals surface area contributed by atoms with Crippen molar-refractivity contribution >= 4 is 18.0 Å². The number of ether oxygens (including phenoxy) is 3. The Labute approximate surface area is 262 Å². The zero-order valence-electron chi connectivity index (χ0n) is 25.4. The van der Waals surface area contributed by atoms with Crippen LogP contribution in [0.15, 0.2) is 72.0 Å². The Morgan fingerprint density at radius 3 is 2.20 bits per heavy atom. The number of carbonyl (C=O) groups excluding carboxylic acids is 3. The number of benzene rings is 2. The maximum atomic E-state index is 14.5. The van der Waals surface area contributed by atoms with E-state index in [2.05, 4.69) is 5.32 Å². The van der Waals surface area contributed by atoms with E-state index in [0.29, 0.717) is 37.0 Å². The van der Waals surface area contributed by atoms with E-state index in [4.69, 9.17) is 19.9 Å². The Morgan fingerprint density at radius 2 is 1.56 bits per heavy atom. The van der Waals surface area contributed by atoms with Gasteiger partial charge in [0.25, 0.3) is 0 Å². The van der Waals surface area contributed by atoms with Crippen LogP contribution >= 0.6 is 0 Å². The van der Waals surface area contributed by atoms with Crippen molar-refractivity contribution in [3.63, 3.8) is 0 Å². The number of rotatable bonds is 10. The van der Waals surface area contributed by atoms with Crippen molar-refractivity contribution in [1.29, 1.82) is 0 Å². The molecule has 0 saturated heterocycles. The van der Waals surface area contributed by atoms with Gasteiger partial charge in [0.15, 0.2) is 5.78 Å². The first-order chi connectivity index (χ1) is 21.8. The van der Waals surface area contributed by atoms with Gasteiger partial charge in [-0.25, -0.2) is 0 Å². The molecule has 0 aliphatic heterocycles. The van der Waals surface area contributed by atoms with Gasteiger partial charge in [0.2, 0.25) is 6.41 Å². The highest BCUT2D eigenvalue weighted by molar-refractivity contribution is 6.01. The van der Waals surface area contributed by atoms with E-state index >= 15 is 0 Å². The number of amides is 1. The molecular formula is C35H42N2O8. The maximum Gasteiger partial charge on any atom is 0.207 e. The van der Waals surface area contributed by atoms with Crippen LogP contribution in [0.3, 0.4) is 0 Å². The number of fused-ring (bicyclic) bond motifs is 3. The molecule has 11 atom stereocenters. The van der Waals surface area contributed by atoms with E-state index in [0.717, 1.165) is 11.1 Å². The van der Waals surface area contributed by atoms with Crippen LogP contribution in [0.4, 0.5) is 0 Å². The average Bonchev–Trinajstić information content (AvgIpc) is 3.03. The minimum Gasteiger partial charge on any atom is -0.491 e. The zero-order valence-corrected chi connectivity index (χ0v) is 25.4. The number of ketones is 2. The van der Waals surface area contributed by atoms with Crippen LogP contribution in [0, 0.1) is 35.5 Å². The molecule has 2 aromatic carbocycles. The summed E-state index contributed by atoms with van der Waals surface area (Å²) in [4.78, 5) is 40.0. The summed E-state index contributed by atoms with van der Waals surface area (Å²) in [6, 6.07) is 18.4. The summed E-state index contributed by atoms with van der Waals surface area (Å²) >= 11 is 0. The van der Waals surface area contributed by atoms with Crippen LogP contribution in [0.1, 0.15) is 36.8 Å². The molecule has 6 rings (SSSR count). The van der Waals surface area contributed by atoms with Crippen LogP contribution in [-0.2, 0) is 41.8 Å². The van der Waals surface area contributed by atoms with Gasteiger partial charge in [0.05, 0.1) is 42.8 Å². The fraction of sp³-hybridized carbons (Fsp3) is 0.514. The SMILES string of the molecule is COC1CC(NC=O)C(OCc2ccccc2)=C2C(=O)C3C(CC4CC(O)C(C(N)OCc5ccccc5)C(=O)C4C3O)CC21. The van der Waals surface area contributed by atoms with Gasteiger partial charge in [0, 0.05) is 30.9 Å². The Balaban J connectivity index is 1.27. The molecule has 11 unspecified atom stereocenters. The van der Waals surface area contributed by atoms with Crippen molar-refractivity contribution in [2.45, 2.75) is 69.5 Å². The monoisotopic (exact) mass is 618 g/mol. The molecule has 0 aromatic heterocycles. The zero-order chi connectivity index (χ0) is 31.7. The number of aliphatic hydroxyl groups is 2. The molecule has 4 aliphatic rings. The molecule has 2 aromatic rings. The number of nitrogens with one attached hydrogen (secondary N) is 1. The van der Waals surface area contributed by atoms with Crippen molar-refractivity contribution in [1.82, 2.24) is 5.32 Å². The van der Waals surface area contributed by atoms with E-state index in [1.807, 2.05) is 60.7 Å². The predicted octanol–water partition coefficient (Wildman–Crippen LogP) is 2.26. The van der Waals surface area contributed by atoms with Gasteiger partial charge >= 0.3 is 0 Å². The van der Waals surface area contributed by atoms with Gasteiger partial charge in [-0.3, -0.25) is 14.4 Å². The third-order valence-corrected chi connectivity index (χ3v) is 10.4. The largest absolute Gasteiger partial charge is 0.491 e. The minimum absolute atomic E-state index is 0.177. The molecule has 3 saturated carbocycles. The highest BCUT2D eigenvalue weighted by atomic mass is 16.5. The third-order valence-electron chi connectivity index (χ3n) is 10.4. The number of nitrogens with two attached hydrogens (primary N) is 1. The first kappa shape index (κ1) is 31.6. The predicted molar refractivity (Wildman–Crippen MR) is 163 cm³/mol. The number of carbonyl (C=O) groups is 3. The molecule has 0 spiro atoms. The summed E-state index contributed by atoms with van der Waals surface area (Å²) in [5.74, 6) is -3.74. The van der Waals surface area contributed by atoms with Gasteiger partial charge in [-0.15, -0.1) is 0 Å². The maximum absolute atomic E-state index is 14.5. The number of hydrogen-bond donors (Lipinski definition) is 4. The molecule has 0 radical (unpaired) electrons. The lowest BCUT2D eigenvalue weighted by Gasteiger charge is -2.53. The molecular weight excluding hydrogens is 576 g/mol. The molecule has 0 heterocycles. The van der Waals surface area contributed by atoms with Crippen LogP contribution in [0.2, 0.25) is 0 Å². The van der Waals surface area contributed by atoms with Crippen molar-refractivity contribution < 1.29 is 38.8 Å². The Morgan fingerprint density at radius 1 is 0.911 bits per heavy atom. The lowest BCUT2D eigenvalue weighted by atomic mass is 9.52. The Bertz CT molecular complexity index is 1400. The van der Waals surface area contributed by atoms with E-state index < -0.39 is 42.2 Å². The summed E-state index contributed by atoms with van der Waals surface area (Å²) in [6.45, 7) is 0.380. The number of Topliss-reactive ketones (excluding diaryl/α,β-unsaturated/α-hetero) is 2. The Kier molecular flexibility index (Phi) is 9.49. The Hall–Kier alpha value is -3.41. The minimum atomic E-state index is -1.26. The van der Waals surface area contributed by atoms with Crippen molar-refractivity contribution in [3.05, 3.63) is 83.1 Å². The molecule has 4 aliphatic carbocycles. The summed E-state index contributed by atoms with van der Waals surface area (Å²) in [5, 5.41) is 25.7. The highest BCUT2D eigenvalue weighted by Crippen LogP contribution is 2.54. The van der Waals surface area contributed by atoms with Gasteiger partial charge < -0.3 is 35.5 Å². The fourth-order valence-corrected chi connectivity index (χ4v) is 8.38. The number of methoxy groups -OCH3 is 1. The first-order valence-corrected chi connectivity index (χ1v) is 15.8. The fourth-order valence-electron chi connectivity index (χ4n) is 8.38. The molecule has 0 bridgehead atoms. The van der Waals surface area contributed by atoms with E-state index in [9.17, 15) is 24.6 Å². The van der Waals surface area contributed by atoms with E-state index in [1.165, 1.54) is 0 Å². The standard InChI is InChI=1S/C35H42N2O8/c1-43-26-15-24(37-18-38)34(44-16-19-8-4-2-5-9-19)29-23(26)13-21-12-22-14-25(39)30(33(42)28(22)31(40)27(21)32(29)41)35(36)45-17-20-10-6-3-7-11-20/h2-11,18,21-28,30-31,35,39-40H,12-17,36H2,1H3,(H,37,38). The van der Waals surface area contributed by atoms with Crippen molar-refractivity contribution in [3.8, 4) is 0 Å². The number of hydrogen-bond acceptors (Lipinski definition) is 9. The van der Waals surface area contributed by atoms with Gasteiger partial charge in [-0.1, -0.05) is 60.7 Å². The first-order valence-electron chi connectivity index (χ1n) is 15.8. The van der Waals surface area contributed by atoms with E-state index in [-0.39, 0.29) is 55.1 Å². The van der Waals surface area contributed by atoms with E-state index in [1.54, 1.807) is 7.11 Å². The summed E-state index contributed by atoms with van der Waals surface area (Å²) in [6.07, 6.45) is -1.29. The molecule has 240 valence electrons. The molecule has 5 N–H and O–H groups in total. The van der Waals surface area contributed by atoms with Crippen molar-refractivity contribution in [2.75, 3.05) is 7.11 Å². The van der Waals surface area contributed by atoms with Crippen LogP contribution < -0.4 is 11.1 Å². The quantitative estimate of drug-likeness (QED) is 0.232. The lowest BCUT2D eigenvalue weighted by Crippen LogP contribution is -2.61. The molecule has 1 amide bonds. The normalized spacial score (nSPS) is 35.1.